The van der Waals surface area contributed by atoms with E-state index in [4.69, 9.17) is 9.47 Å². The van der Waals surface area contributed by atoms with Gasteiger partial charge in [0.15, 0.2) is 23.3 Å². The molecule has 1 atom stereocenters. The Morgan fingerprint density at radius 3 is 2.85 bits per heavy atom. The lowest BCUT2D eigenvalue weighted by Crippen LogP contribution is -2.45. The summed E-state index contributed by atoms with van der Waals surface area (Å²) < 4.78 is 13.7. The number of nitrogens with one attached hydrogen (secondary N) is 2. The number of benzene rings is 1. The summed E-state index contributed by atoms with van der Waals surface area (Å²) in [6.07, 6.45) is 1.65. The molecule has 0 spiro atoms. The second-order valence-electron chi connectivity index (χ2n) is 5.61. The third-order valence-electron chi connectivity index (χ3n) is 3.82. The summed E-state index contributed by atoms with van der Waals surface area (Å²) in [4.78, 5) is 4.57. The number of aliphatic imine (C=N–C) groups is 1. The van der Waals surface area contributed by atoms with E-state index in [0.717, 1.165) is 36.4 Å². The number of halogens is 1. The van der Waals surface area contributed by atoms with Gasteiger partial charge >= 0.3 is 0 Å². The van der Waals surface area contributed by atoms with Gasteiger partial charge in [-0.3, -0.25) is 0 Å². The summed E-state index contributed by atoms with van der Waals surface area (Å²) in [5.41, 5.74) is 0. The molecular formula is C17H25IN6O2. The van der Waals surface area contributed by atoms with Gasteiger partial charge < -0.3 is 24.7 Å². The fourth-order valence-corrected chi connectivity index (χ4v) is 2.53. The van der Waals surface area contributed by atoms with E-state index in [0.29, 0.717) is 19.7 Å². The van der Waals surface area contributed by atoms with E-state index < -0.39 is 0 Å². The smallest absolute Gasteiger partial charge is 0.191 e. The van der Waals surface area contributed by atoms with Crippen LogP contribution in [0.5, 0.6) is 11.5 Å². The standard InChI is InChI=1S/C17H24N6O2.HI/c1-3-18-17(20-10-16-22-21-12-23(16)4-2)19-9-13-11-24-14-7-5-6-8-15(14)25-13;/h5-8,12-13H,3-4,9-11H2,1-2H3,(H2,18,19,20);1H. The van der Waals surface area contributed by atoms with E-state index in [9.17, 15) is 0 Å². The number of hydrogen-bond donors (Lipinski definition) is 2. The average molecular weight is 472 g/mol. The van der Waals surface area contributed by atoms with Crippen molar-refractivity contribution in [2.45, 2.75) is 33.0 Å². The first-order chi connectivity index (χ1) is 12.3. The van der Waals surface area contributed by atoms with Crippen molar-refractivity contribution in [1.29, 1.82) is 0 Å². The highest BCUT2D eigenvalue weighted by Gasteiger charge is 2.20. The van der Waals surface area contributed by atoms with Crippen molar-refractivity contribution in [2.24, 2.45) is 4.99 Å². The largest absolute Gasteiger partial charge is 0.486 e. The zero-order chi connectivity index (χ0) is 17.5. The number of aryl methyl sites for hydroxylation is 1. The maximum Gasteiger partial charge on any atom is 0.191 e. The highest BCUT2D eigenvalue weighted by atomic mass is 127. The van der Waals surface area contributed by atoms with Crippen LogP contribution in [0.15, 0.2) is 35.6 Å². The van der Waals surface area contributed by atoms with Gasteiger partial charge in [0.1, 0.15) is 25.6 Å². The predicted octanol–water partition coefficient (Wildman–Crippen LogP) is 1.81. The second kappa shape index (κ2) is 10.2. The first kappa shape index (κ1) is 20.3. The molecule has 0 amide bonds. The number of fused-ring (bicyclic) bond motifs is 1. The molecule has 9 heteroatoms. The number of hydrogen-bond acceptors (Lipinski definition) is 5. The molecule has 0 aliphatic carbocycles. The van der Waals surface area contributed by atoms with Gasteiger partial charge in [-0.25, -0.2) is 4.99 Å². The average Bonchev–Trinajstić information content (AvgIpc) is 3.11. The Labute approximate surface area is 170 Å². The maximum absolute atomic E-state index is 5.95. The van der Waals surface area contributed by atoms with Crippen molar-refractivity contribution in [3.63, 3.8) is 0 Å². The minimum absolute atomic E-state index is 0. The van der Waals surface area contributed by atoms with Crippen molar-refractivity contribution in [3.05, 3.63) is 36.4 Å². The summed E-state index contributed by atoms with van der Waals surface area (Å²) >= 11 is 0. The molecular weight excluding hydrogens is 447 g/mol. The van der Waals surface area contributed by atoms with E-state index in [2.05, 4.69) is 32.7 Å². The lowest BCUT2D eigenvalue weighted by molar-refractivity contribution is 0.0936. The number of rotatable bonds is 6. The van der Waals surface area contributed by atoms with Crippen LogP contribution < -0.4 is 20.1 Å². The molecule has 2 N–H and O–H groups in total. The third kappa shape index (κ3) is 5.23. The summed E-state index contributed by atoms with van der Waals surface area (Å²) in [6, 6.07) is 7.70. The van der Waals surface area contributed by atoms with Crippen molar-refractivity contribution in [3.8, 4) is 11.5 Å². The van der Waals surface area contributed by atoms with Crippen LogP contribution in [0.1, 0.15) is 19.7 Å². The Morgan fingerprint density at radius 1 is 1.27 bits per heavy atom. The Hall–Kier alpha value is -2.04. The monoisotopic (exact) mass is 472 g/mol. The van der Waals surface area contributed by atoms with Gasteiger partial charge in [0, 0.05) is 13.1 Å². The molecule has 1 unspecified atom stereocenters. The van der Waals surface area contributed by atoms with Gasteiger partial charge in [-0.1, -0.05) is 12.1 Å². The number of nitrogens with zero attached hydrogens (tertiary/aromatic N) is 4. The van der Waals surface area contributed by atoms with E-state index in [1.54, 1.807) is 6.33 Å². The first-order valence-electron chi connectivity index (χ1n) is 8.57. The highest BCUT2D eigenvalue weighted by Crippen LogP contribution is 2.30. The van der Waals surface area contributed by atoms with Crippen molar-refractivity contribution < 1.29 is 9.47 Å². The van der Waals surface area contributed by atoms with E-state index in [1.165, 1.54) is 0 Å². The highest BCUT2D eigenvalue weighted by molar-refractivity contribution is 14.0. The third-order valence-corrected chi connectivity index (χ3v) is 3.82. The molecule has 0 radical (unpaired) electrons. The van der Waals surface area contributed by atoms with Gasteiger partial charge in [-0.05, 0) is 26.0 Å². The molecule has 0 saturated carbocycles. The van der Waals surface area contributed by atoms with Gasteiger partial charge in [0.25, 0.3) is 0 Å². The Kier molecular flexibility index (Phi) is 7.95. The van der Waals surface area contributed by atoms with Crippen LogP contribution >= 0.6 is 24.0 Å². The van der Waals surface area contributed by atoms with Gasteiger partial charge in [-0.2, -0.15) is 0 Å². The van der Waals surface area contributed by atoms with Crippen LogP contribution in [0.4, 0.5) is 0 Å². The van der Waals surface area contributed by atoms with Gasteiger partial charge in [0.2, 0.25) is 0 Å². The van der Waals surface area contributed by atoms with Crippen LogP contribution in [0.25, 0.3) is 0 Å². The lowest BCUT2D eigenvalue weighted by atomic mass is 10.2. The lowest BCUT2D eigenvalue weighted by Gasteiger charge is -2.27. The minimum Gasteiger partial charge on any atom is -0.486 e. The predicted molar refractivity (Wildman–Crippen MR) is 110 cm³/mol. The fraction of sp³-hybridized carbons (Fsp3) is 0.471. The van der Waals surface area contributed by atoms with Crippen molar-refractivity contribution >= 4 is 29.9 Å². The molecule has 3 rings (SSSR count). The molecule has 1 aromatic heterocycles. The molecule has 1 aliphatic rings. The Balaban J connectivity index is 0.00000243. The first-order valence-corrected chi connectivity index (χ1v) is 8.57. The molecule has 0 bridgehead atoms. The van der Waals surface area contributed by atoms with E-state index >= 15 is 0 Å². The fourth-order valence-electron chi connectivity index (χ4n) is 2.53. The topological polar surface area (TPSA) is 85.6 Å². The van der Waals surface area contributed by atoms with Crippen LogP contribution in [-0.2, 0) is 13.1 Å². The number of guanidine groups is 1. The number of ether oxygens (including phenoxy) is 2. The molecule has 2 heterocycles. The quantitative estimate of drug-likeness (QED) is 0.379. The van der Waals surface area contributed by atoms with Crippen LogP contribution in [-0.4, -0.2) is 46.5 Å². The maximum atomic E-state index is 5.95. The van der Waals surface area contributed by atoms with Gasteiger partial charge in [0.05, 0.1) is 6.54 Å². The van der Waals surface area contributed by atoms with Gasteiger partial charge in [-0.15, -0.1) is 34.2 Å². The molecule has 0 fully saturated rings. The van der Waals surface area contributed by atoms with Crippen molar-refractivity contribution in [1.82, 2.24) is 25.4 Å². The van der Waals surface area contributed by atoms with Crippen LogP contribution in [0, 0.1) is 0 Å². The van der Waals surface area contributed by atoms with Crippen LogP contribution in [0.2, 0.25) is 0 Å². The SMILES string of the molecule is CCNC(=NCc1nncn1CC)NCC1COc2ccccc2O1.I. The van der Waals surface area contributed by atoms with Crippen LogP contribution in [0.3, 0.4) is 0 Å². The molecule has 1 aromatic carbocycles. The summed E-state index contributed by atoms with van der Waals surface area (Å²) in [5, 5.41) is 14.5. The molecule has 2 aromatic rings. The van der Waals surface area contributed by atoms with E-state index in [1.807, 2.05) is 35.8 Å². The second-order valence-corrected chi connectivity index (χ2v) is 5.61. The normalized spacial score (nSPS) is 15.9. The molecule has 26 heavy (non-hydrogen) atoms. The number of aromatic nitrogens is 3. The molecule has 1 aliphatic heterocycles. The zero-order valence-corrected chi connectivity index (χ0v) is 17.3. The van der Waals surface area contributed by atoms with Crippen molar-refractivity contribution in [2.75, 3.05) is 19.7 Å². The minimum atomic E-state index is -0.0712. The van der Waals surface area contributed by atoms with E-state index in [-0.39, 0.29) is 30.1 Å². The zero-order valence-electron chi connectivity index (χ0n) is 15.0. The Morgan fingerprint density at radius 2 is 2.08 bits per heavy atom. The molecule has 0 saturated heterocycles. The summed E-state index contributed by atoms with van der Waals surface area (Å²) in [7, 11) is 0. The number of para-hydroxylation sites is 2. The molecule has 8 nitrogen and oxygen atoms in total. The Bertz CT molecular complexity index is 721. The summed E-state index contributed by atoms with van der Waals surface area (Å²) in [6.45, 7) is 7.26. The summed E-state index contributed by atoms with van der Waals surface area (Å²) in [5.74, 6) is 3.12. The molecule has 142 valence electrons.